The van der Waals surface area contributed by atoms with Gasteiger partial charge in [-0.2, -0.15) is 0 Å². The Morgan fingerprint density at radius 1 is 1.31 bits per heavy atom. The van der Waals surface area contributed by atoms with Crippen molar-refractivity contribution >= 4 is 0 Å². The Hall–Kier alpha value is -0.930. The quantitative estimate of drug-likeness (QED) is 0.573. The van der Waals surface area contributed by atoms with Gasteiger partial charge < -0.3 is 0 Å². The Kier molecular flexibility index (Phi) is 5.43. The highest BCUT2D eigenvalue weighted by atomic mass is 15.2. The molecule has 1 aromatic rings. The SMILES string of the molecule is Cc1cncc(C(CCCC(C)C)NN)c1. The molecule has 1 heterocycles. The first-order chi connectivity index (χ1) is 7.63. The van der Waals surface area contributed by atoms with Gasteiger partial charge in [0.05, 0.1) is 0 Å². The average Bonchev–Trinajstić information content (AvgIpc) is 2.24. The summed E-state index contributed by atoms with van der Waals surface area (Å²) in [6, 6.07) is 2.37. The molecule has 0 bridgehead atoms. The van der Waals surface area contributed by atoms with Gasteiger partial charge >= 0.3 is 0 Å². The predicted octanol–water partition coefficient (Wildman–Crippen LogP) is 2.72. The second-order valence-electron chi connectivity index (χ2n) is 4.84. The van der Waals surface area contributed by atoms with Crippen molar-refractivity contribution in [3.8, 4) is 0 Å². The van der Waals surface area contributed by atoms with Gasteiger partial charge in [0.15, 0.2) is 0 Å². The van der Waals surface area contributed by atoms with Crippen molar-refractivity contribution in [2.45, 2.75) is 46.1 Å². The third kappa shape index (κ3) is 4.29. The summed E-state index contributed by atoms with van der Waals surface area (Å²) in [4.78, 5) is 4.20. The van der Waals surface area contributed by atoms with Gasteiger partial charge in [-0.3, -0.25) is 16.3 Å². The van der Waals surface area contributed by atoms with Crippen LogP contribution in [-0.2, 0) is 0 Å². The molecule has 16 heavy (non-hydrogen) atoms. The number of aromatic nitrogens is 1. The zero-order valence-corrected chi connectivity index (χ0v) is 10.5. The first-order valence-electron chi connectivity index (χ1n) is 6.01. The van der Waals surface area contributed by atoms with Crippen molar-refractivity contribution in [1.82, 2.24) is 10.4 Å². The standard InChI is InChI=1S/C13H23N3/c1-10(2)5-4-6-13(16-14)12-7-11(3)8-15-9-12/h7-10,13,16H,4-6,14H2,1-3H3. The normalized spacial score (nSPS) is 13.1. The molecule has 1 atom stereocenters. The third-order valence-electron chi connectivity index (χ3n) is 2.77. The van der Waals surface area contributed by atoms with Crippen LogP contribution in [-0.4, -0.2) is 4.98 Å². The first-order valence-corrected chi connectivity index (χ1v) is 6.01. The Morgan fingerprint density at radius 2 is 2.06 bits per heavy atom. The number of nitrogens with one attached hydrogen (secondary N) is 1. The third-order valence-corrected chi connectivity index (χ3v) is 2.77. The van der Waals surface area contributed by atoms with Crippen molar-refractivity contribution < 1.29 is 0 Å². The second kappa shape index (κ2) is 6.61. The number of nitrogens with zero attached hydrogens (tertiary/aromatic N) is 1. The van der Waals surface area contributed by atoms with Crippen molar-refractivity contribution in [3.63, 3.8) is 0 Å². The molecule has 0 radical (unpaired) electrons. The molecule has 1 unspecified atom stereocenters. The molecule has 3 N–H and O–H groups in total. The molecule has 90 valence electrons. The fourth-order valence-electron chi connectivity index (χ4n) is 1.85. The van der Waals surface area contributed by atoms with E-state index >= 15 is 0 Å². The van der Waals surface area contributed by atoms with E-state index < -0.39 is 0 Å². The Bertz CT molecular complexity index is 310. The van der Waals surface area contributed by atoms with Crippen LogP contribution in [0.25, 0.3) is 0 Å². The van der Waals surface area contributed by atoms with Crippen LogP contribution in [0.4, 0.5) is 0 Å². The molecule has 3 nitrogen and oxygen atoms in total. The van der Waals surface area contributed by atoms with E-state index in [1.807, 2.05) is 12.4 Å². The van der Waals surface area contributed by atoms with Crippen molar-refractivity contribution in [1.29, 1.82) is 0 Å². The number of hydrazine groups is 1. The van der Waals surface area contributed by atoms with Crippen molar-refractivity contribution in [3.05, 3.63) is 29.6 Å². The smallest absolute Gasteiger partial charge is 0.0475 e. The van der Waals surface area contributed by atoms with Crippen LogP contribution in [0.1, 0.15) is 50.3 Å². The molecule has 0 aliphatic carbocycles. The number of hydrogen-bond acceptors (Lipinski definition) is 3. The van der Waals surface area contributed by atoms with Crippen LogP contribution in [0, 0.1) is 12.8 Å². The molecule has 0 aromatic carbocycles. The van der Waals surface area contributed by atoms with Gasteiger partial charge in [-0.05, 0) is 30.4 Å². The molecule has 0 spiro atoms. The topological polar surface area (TPSA) is 50.9 Å². The number of hydrogen-bond donors (Lipinski definition) is 2. The van der Waals surface area contributed by atoms with Crippen molar-refractivity contribution in [2.24, 2.45) is 11.8 Å². The Labute approximate surface area is 98.4 Å². The van der Waals surface area contributed by atoms with Gasteiger partial charge in [0.2, 0.25) is 0 Å². The number of nitrogens with two attached hydrogens (primary N) is 1. The lowest BCUT2D eigenvalue weighted by Crippen LogP contribution is -2.28. The summed E-state index contributed by atoms with van der Waals surface area (Å²) >= 11 is 0. The van der Waals surface area contributed by atoms with Crippen LogP contribution in [0.3, 0.4) is 0 Å². The molecule has 0 amide bonds. The lowest BCUT2D eigenvalue weighted by molar-refractivity contribution is 0.454. The molecule has 1 rings (SSSR count). The molecule has 1 aromatic heterocycles. The lowest BCUT2D eigenvalue weighted by Gasteiger charge is -2.16. The van der Waals surface area contributed by atoms with Crippen LogP contribution < -0.4 is 11.3 Å². The summed E-state index contributed by atoms with van der Waals surface area (Å²) in [7, 11) is 0. The second-order valence-corrected chi connectivity index (χ2v) is 4.84. The molecule has 3 heteroatoms. The summed E-state index contributed by atoms with van der Waals surface area (Å²) in [6.45, 7) is 6.55. The predicted molar refractivity (Wildman–Crippen MR) is 67.7 cm³/mol. The summed E-state index contributed by atoms with van der Waals surface area (Å²) in [5, 5.41) is 0. The molecule has 0 aliphatic heterocycles. The zero-order chi connectivity index (χ0) is 12.0. The molecule has 0 saturated carbocycles. The number of aryl methyl sites for hydroxylation is 1. The first kappa shape index (κ1) is 13.1. The Morgan fingerprint density at radius 3 is 2.62 bits per heavy atom. The van der Waals surface area contributed by atoms with E-state index in [-0.39, 0.29) is 6.04 Å². The van der Waals surface area contributed by atoms with Gasteiger partial charge in [0.25, 0.3) is 0 Å². The largest absolute Gasteiger partial charge is 0.271 e. The van der Waals surface area contributed by atoms with E-state index in [4.69, 9.17) is 5.84 Å². The van der Waals surface area contributed by atoms with Gasteiger partial charge in [-0.25, -0.2) is 0 Å². The summed E-state index contributed by atoms with van der Waals surface area (Å²) in [6.07, 6.45) is 7.27. The van der Waals surface area contributed by atoms with Crippen LogP contribution in [0.2, 0.25) is 0 Å². The van der Waals surface area contributed by atoms with E-state index in [1.165, 1.54) is 24.0 Å². The van der Waals surface area contributed by atoms with Crippen LogP contribution >= 0.6 is 0 Å². The lowest BCUT2D eigenvalue weighted by atomic mass is 9.99. The van der Waals surface area contributed by atoms with E-state index in [2.05, 4.69) is 37.2 Å². The van der Waals surface area contributed by atoms with Gasteiger partial charge in [0, 0.05) is 18.4 Å². The number of rotatable bonds is 6. The fraction of sp³-hybridized carbons (Fsp3) is 0.615. The minimum Gasteiger partial charge on any atom is -0.271 e. The summed E-state index contributed by atoms with van der Waals surface area (Å²) in [5.74, 6) is 6.35. The van der Waals surface area contributed by atoms with Gasteiger partial charge in [-0.1, -0.05) is 32.8 Å². The average molecular weight is 221 g/mol. The van der Waals surface area contributed by atoms with Crippen molar-refractivity contribution in [2.75, 3.05) is 0 Å². The highest BCUT2D eigenvalue weighted by Gasteiger charge is 2.10. The maximum absolute atomic E-state index is 5.59. The van der Waals surface area contributed by atoms with E-state index in [0.29, 0.717) is 0 Å². The highest BCUT2D eigenvalue weighted by molar-refractivity contribution is 5.19. The minimum absolute atomic E-state index is 0.228. The monoisotopic (exact) mass is 221 g/mol. The van der Waals surface area contributed by atoms with E-state index in [1.54, 1.807) is 0 Å². The minimum atomic E-state index is 0.228. The molecule has 0 aliphatic rings. The maximum Gasteiger partial charge on any atom is 0.0475 e. The van der Waals surface area contributed by atoms with E-state index in [9.17, 15) is 0 Å². The fourth-order valence-corrected chi connectivity index (χ4v) is 1.85. The van der Waals surface area contributed by atoms with Crippen LogP contribution in [0.5, 0.6) is 0 Å². The Balaban J connectivity index is 2.53. The number of pyridine rings is 1. The summed E-state index contributed by atoms with van der Waals surface area (Å²) in [5.41, 5.74) is 5.25. The molecular weight excluding hydrogens is 198 g/mol. The summed E-state index contributed by atoms with van der Waals surface area (Å²) < 4.78 is 0. The van der Waals surface area contributed by atoms with Gasteiger partial charge in [-0.15, -0.1) is 0 Å². The molecule has 0 saturated heterocycles. The maximum atomic E-state index is 5.59. The van der Waals surface area contributed by atoms with Crippen LogP contribution in [0.15, 0.2) is 18.5 Å². The molecule has 0 fully saturated rings. The zero-order valence-electron chi connectivity index (χ0n) is 10.5. The van der Waals surface area contributed by atoms with E-state index in [0.717, 1.165) is 12.3 Å². The highest BCUT2D eigenvalue weighted by Crippen LogP contribution is 2.20. The molecular formula is C13H23N3. The van der Waals surface area contributed by atoms with Gasteiger partial charge in [0.1, 0.15) is 0 Å².